The summed E-state index contributed by atoms with van der Waals surface area (Å²) in [6.45, 7) is 8.06. The van der Waals surface area contributed by atoms with E-state index in [9.17, 15) is 9.50 Å². The number of aliphatic hydroxyl groups excluding tert-OH is 1. The van der Waals surface area contributed by atoms with Crippen molar-refractivity contribution < 1.29 is 14.2 Å². The van der Waals surface area contributed by atoms with Gasteiger partial charge in [0, 0.05) is 38.3 Å². The predicted octanol–water partition coefficient (Wildman–Crippen LogP) is 3.85. The molecule has 29 heavy (non-hydrogen) atoms. The normalized spacial score (nSPS) is 17.3. The summed E-state index contributed by atoms with van der Waals surface area (Å²) in [4.78, 5) is 4.88. The summed E-state index contributed by atoms with van der Waals surface area (Å²) in [5.74, 6) is 1.03. The fourth-order valence-corrected chi connectivity index (χ4v) is 3.86. The van der Waals surface area contributed by atoms with Crippen molar-refractivity contribution in [2.45, 2.75) is 51.4 Å². The molecule has 1 aromatic rings. The van der Waals surface area contributed by atoms with Crippen LogP contribution in [0.4, 0.5) is 4.39 Å². The van der Waals surface area contributed by atoms with Gasteiger partial charge in [-0.05, 0) is 56.2 Å². The predicted molar refractivity (Wildman–Crippen MR) is 128 cm³/mol. The van der Waals surface area contributed by atoms with E-state index in [1.54, 1.807) is 0 Å². The Kier molecular flexibility index (Phi) is 12.7. The summed E-state index contributed by atoms with van der Waals surface area (Å²) in [6, 6.07) is 6.83. The number of benzene rings is 1. The molecule has 0 aromatic heterocycles. The van der Waals surface area contributed by atoms with Crippen LogP contribution in [0.25, 0.3) is 0 Å². The molecule has 1 aromatic carbocycles. The van der Waals surface area contributed by atoms with Gasteiger partial charge >= 0.3 is 0 Å². The van der Waals surface area contributed by atoms with Crippen molar-refractivity contribution >= 4 is 29.9 Å². The minimum Gasteiger partial charge on any atom is -0.396 e. The molecule has 0 spiro atoms. The van der Waals surface area contributed by atoms with E-state index in [0.717, 1.165) is 56.7 Å². The smallest absolute Gasteiger partial charge is 0.191 e. The maximum atomic E-state index is 13.4. The maximum Gasteiger partial charge on any atom is 0.191 e. The molecular weight excluding hydrogens is 484 g/mol. The van der Waals surface area contributed by atoms with Crippen LogP contribution >= 0.6 is 24.0 Å². The van der Waals surface area contributed by atoms with Crippen molar-refractivity contribution in [1.29, 1.82) is 0 Å². The number of hydrogen-bond acceptors (Lipinski definition) is 3. The van der Waals surface area contributed by atoms with Crippen LogP contribution in [0, 0.1) is 11.7 Å². The van der Waals surface area contributed by atoms with Crippen LogP contribution in [-0.2, 0) is 10.2 Å². The number of guanidine groups is 1. The summed E-state index contributed by atoms with van der Waals surface area (Å²) >= 11 is 0. The zero-order chi connectivity index (χ0) is 20.2. The highest BCUT2D eigenvalue weighted by molar-refractivity contribution is 14.0. The van der Waals surface area contributed by atoms with E-state index in [1.807, 2.05) is 12.1 Å². The quantitative estimate of drug-likeness (QED) is 0.249. The third-order valence-corrected chi connectivity index (χ3v) is 5.58. The molecule has 1 saturated heterocycles. The fourth-order valence-electron chi connectivity index (χ4n) is 3.86. The molecule has 166 valence electrons. The average Bonchev–Trinajstić information content (AvgIpc) is 2.71. The van der Waals surface area contributed by atoms with Crippen LogP contribution < -0.4 is 10.6 Å². The molecule has 1 fully saturated rings. The number of aliphatic imine (C=N–C) groups is 1. The van der Waals surface area contributed by atoms with Gasteiger partial charge in [-0.2, -0.15) is 0 Å². The number of nitrogens with zero attached hydrogens (tertiary/aromatic N) is 1. The van der Waals surface area contributed by atoms with E-state index < -0.39 is 0 Å². The van der Waals surface area contributed by atoms with Gasteiger partial charge in [0.05, 0.1) is 6.54 Å². The van der Waals surface area contributed by atoms with Crippen LogP contribution in [0.3, 0.4) is 0 Å². The molecule has 2 rings (SSSR count). The van der Waals surface area contributed by atoms with Gasteiger partial charge in [-0.3, -0.25) is 4.99 Å². The molecule has 0 radical (unpaired) electrons. The van der Waals surface area contributed by atoms with Gasteiger partial charge in [0.15, 0.2) is 5.96 Å². The lowest BCUT2D eigenvalue weighted by Crippen LogP contribution is -2.42. The summed E-state index contributed by atoms with van der Waals surface area (Å²) in [7, 11) is 0. The van der Waals surface area contributed by atoms with Gasteiger partial charge < -0.3 is 20.5 Å². The van der Waals surface area contributed by atoms with E-state index in [1.165, 1.54) is 12.1 Å². The average molecular weight is 521 g/mol. The highest BCUT2D eigenvalue weighted by Gasteiger charge is 2.34. The Hall–Kier alpha value is -0.930. The van der Waals surface area contributed by atoms with E-state index >= 15 is 0 Å². The van der Waals surface area contributed by atoms with Crippen molar-refractivity contribution in [2.75, 3.05) is 39.5 Å². The maximum absolute atomic E-state index is 13.4. The van der Waals surface area contributed by atoms with Crippen LogP contribution in [0.1, 0.15) is 51.5 Å². The second-order valence-electron chi connectivity index (χ2n) is 7.64. The molecule has 5 nitrogen and oxygen atoms in total. The molecule has 0 amide bonds. The number of hydrogen-bond donors (Lipinski definition) is 3. The van der Waals surface area contributed by atoms with Crippen molar-refractivity contribution in [3.05, 3.63) is 35.6 Å². The molecule has 1 unspecified atom stereocenters. The Morgan fingerprint density at radius 2 is 1.86 bits per heavy atom. The molecule has 1 aliphatic heterocycles. The number of ether oxygens (including phenoxy) is 1. The van der Waals surface area contributed by atoms with Crippen molar-refractivity contribution in [2.24, 2.45) is 10.9 Å². The van der Waals surface area contributed by atoms with E-state index in [0.29, 0.717) is 25.7 Å². The van der Waals surface area contributed by atoms with Gasteiger partial charge in [-0.1, -0.05) is 25.5 Å². The third-order valence-electron chi connectivity index (χ3n) is 5.58. The third kappa shape index (κ3) is 8.38. The molecular formula is C22H37FIN3O2. The van der Waals surface area contributed by atoms with E-state index in [2.05, 4.69) is 24.5 Å². The van der Waals surface area contributed by atoms with Gasteiger partial charge in [0.25, 0.3) is 0 Å². The number of halogens is 2. The summed E-state index contributed by atoms with van der Waals surface area (Å²) in [5, 5.41) is 16.0. The van der Waals surface area contributed by atoms with Gasteiger partial charge in [0.1, 0.15) is 5.82 Å². The van der Waals surface area contributed by atoms with Gasteiger partial charge in [0.2, 0.25) is 0 Å². The Morgan fingerprint density at radius 1 is 1.17 bits per heavy atom. The second-order valence-corrected chi connectivity index (χ2v) is 7.64. The molecule has 7 heteroatoms. The van der Waals surface area contributed by atoms with Crippen molar-refractivity contribution in [1.82, 2.24) is 10.6 Å². The highest BCUT2D eigenvalue weighted by atomic mass is 127. The molecule has 0 saturated carbocycles. The molecule has 0 bridgehead atoms. The fraction of sp³-hybridized carbons (Fsp3) is 0.682. The lowest BCUT2D eigenvalue weighted by atomic mass is 9.74. The lowest BCUT2D eigenvalue weighted by molar-refractivity contribution is 0.0531. The first-order valence-electron chi connectivity index (χ1n) is 10.6. The highest BCUT2D eigenvalue weighted by Crippen LogP contribution is 2.35. The number of rotatable bonds is 10. The number of aliphatic hydroxyl groups is 1. The van der Waals surface area contributed by atoms with Crippen molar-refractivity contribution in [3.8, 4) is 0 Å². The Balaban J connectivity index is 0.00000420. The summed E-state index contributed by atoms with van der Waals surface area (Å²) < 4.78 is 19.0. The van der Waals surface area contributed by atoms with Crippen LogP contribution in [0.15, 0.2) is 29.3 Å². The second kappa shape index (κ2) is 14.1. The Labute approximate surface area is 191 Å². The molecule has 1 heterocycles. The van der Waals surface area contributed by atoms with Crippen molar-refractivity contribution in [3.63, 3.8) is 0 Å². The zero-order valence-corrected chi connectivity index (χ0v) is 20.1. The van der Waals surface area contributed by atoms with Gasteiger partial charge in [-0.25, -0.2) is 4.39 Å². The minimum absolute atomic E-state index is 0. The van der Waals surface area contributed by atoms with Crippen LogP contribution in [-0.4, -0.2) is 50.5 Å². The Bertz CT molecular complexity index is 586. The van der Waals surface area contributed by atoms with Crippen LogP contribution in [0.5, 0.6) is 0 Å². The topological polar surface area (TPSA) is 65.9 Å². The van der Waals surface area contributed by atoms with E-state index in [4.69, 9.17) is 9.73 Å². The SMILES string of the molecule is CCCC(CCO)CNC(=NCC1(c2ccc(F)cc2)CCOCC1)NCC.I. The first kappa shape index (κ1) is 26.1. The summed E-state index contributed by atoms with van der Waals surface area (Å²) in [5.41, 5.74) is 1.00. The first-order chi connectivity index (χ1) is 13.6. The number of nitrogens with one attached hydrogen (secondary N) is 2. The minimum atomic E-state index is -0.213. The first-order valence-corrected chi connectivity index (χ1v) is 10.6. The molecule has 0 aliphatic carbocycles. The van der Waals surface area contributed by atoms with Crippen LogP contribution in [0.2, 0.25) is 0 Å². The largest absolute Gasteiger partial charge is 0.396 e. The molecule has 3 N–H and O–H groups in total. The molecule has 1 atom stereocenters. The van der Waals surface area contributed by atoms with Gasteiger partial charge in [-0.15, -0.1) is 24.0 Å². The standard InChI is InChI=1S/C22H36FN3O2.HI/c1-3-5-18(10-13-27)16-25-21(24-4-2)26-17-22(11-14-28-15-12-22)19-6-8-20(23)9-7-19;/h6-9,18,27H,3-5,10-17H2,1-2H3,(H2,24,25,26);1H. The lowest BCUT2D eigenvalue weighted by Gasteiger charge is -2.36. The van der Waals surface area contributed by atoms with E-state index in [-0.39, 0.29) is 41.8 Å². The zero-order valence-electron chi connectivity index (χ0n) is 17.8. The summed E-state index contributed by atoms with van der Waals surface area (Å²) in [6.07, 6.45) is 4.75. The monoisotopic (exact) mass is 521 g/mol. The molecule has 1 aliphatic rings. The Morgan fingerprint density at radius 3 is 2.45 bits per heavy atom.